The lowest BCUT2D eigenvalue weighted by Crippen LogP contribution is -2.13. The number of ketones is 1. The third-order valence-corrected chi connectivity index (χ3v) is 5.97. The molecular formula is C23H19NO5S. The summed E-state index contributed by atoms with van der Waals surface area (Å²) in [6.07, 6.45) is 3.15. The highest BCUT2D eigenvalue weighted by molar-refractivity contribution is 7.92. The molecule has 0 saturated carbocycles. The van der Waals surface area contributed by atoms with E-state index in [2.05, 4.69) is 4.72 Å². The first-order chi connectivity index (χ1) is 14.4. The second kappa shape index (κ2) is 8.04. The maximum Gasteiger partial charge on any atom is 0.261 e. The Labute approximate surface area is 174 Å². The normalized spacial score (nSPS) is 12.8. The second-order valence-electron chi connectivity index (χ2n) is 6.81. The zero-order chi connectivity index (χ0) is 21.1. The highest BCUT2D eigenvalue weighted by Gasteiger charge is 2.14. The van der Waals surface area contributed by atoms with Gasteiger partial charge in [-0.2, -0.15) is 0 Å². The fraction of sp³-hybridized carbons (Fsp3) is 0.0870. The van der Waals surface area contributed by atoms with E-state index in [1.165, 1.54) is 6.08 Å². The number of hydrogen-bond acceptors (Lipinski definition) is 5. The van der Waals surface area contributed by atoms with Crippen LogP contribution in [0.1, 0.15) is 21.5 Å². The van der Waals surface area contributed by atoms with E-state index in [0.717, 1.165) is 11.1 Å². The van der Waals surface area contributed by atoms with Gasteiger partial charge >= 0.3 is 0 Å². The fourth-order valence-electron chi connectivity index (χ4n) is 2.92. The number of benzene rings is 3. The summed E-state index contributed by atoms with van der Waals surface area (Å²) < 4.78 is 38.0. The van der Waals surface area contributed by atoms with Gasteiger partial charge in [0.2, 0.25) is 6.79 Å². The van der Waals surface area contributed by atoms with E-state index < -0.39 is 10.0 Å². The molecule has 3 aromatic carbocycles. The van der Waals surface area contributed by atoms with Crippen LogP contribution >= 0.6 is 0 Å². The first kappa shape index (κ1) is 19.7. The Morgan fingerprint density at radius 1 is 0.933 bits per heavy atom. The number of carbonyl (C=O) groups excluding carboxylic acids is 1. The van der Waals surface area contributed by atoms with Crippen LogP contribution in [0.5, 0.6) is 11.5 Å². The molecule has 1 N–H and O–H groups in total. The minimum absolute atomic E-state index is 0.180. The van der Waals surface area contributed by atoms with Gasteiger partial charge in [-0.3, -0.25) is 9.52 Å². The number of aryl methyl sites for hydroxylation is 1. The molecule has 30 heavy (non-hydrogen) atoms. The van der Waals surface area contributed by atoms with Crippen molar-refractivity contribution in [3.8, 4) is 11.5 Å². The monoisotopic (exact) mass is 421 g/mol. The van der Waals surface area contributed by atoms with Crippen molar-refractivity contribution in [3.63, 3.8) is 0 Å². The molecule has 6 nitrogen and oxygen atoms in total. The summed E-state index contributed by atoms with van der Waals surface area (Å²) in [6, 6.07) is 18.3. The number of ether oxygens (including phenoxy) is 2. The number of fused-ring (bicyclic) bond motifs is 1. The van der Waals surface area contributed by atoms with Crippen LogP contribution in [0.4, 0.5) is 5.69 Å². The summed E-state index contributed by atoms with van der Waals surface area (Å²) in [7, 11) is -3.69. The van der Waals surface area contributed by atoms with E-state index in [1.807, 2.05) is 13.0 Å². The molecule has 0 aromatic heterocycles. The molecule has 0 fully saturated rings. The molecule has 1 aliphatic heterocycles. The predicted molar refractivity (Wildman–Crippen MR) is 114 cm³/mol. The van der Waals surface area contributed by atoms with Crippen LogP contribution in [0.25, 0.3) is 6.08 Å². The minimum Gasteiger partial charge on any atom is -0.454 e. The van der Waals surface area contributed by atoms with Gasteiger partial charge in [-0.15, -0.1) is 0 Å². The van der Waals surface area contributed by atoms with Gasteiger partial charge in [0, 0.05) is 11.3 Å². The van der Waals surface area contributed by atoms with E-state index in [9.17, 15) is 13.2 Å². The Morgan fingerprint density at radius 2 is 1.63 bits per heavy atom. The van der Waals surface area contributed by atoms with Crippen molar-refractivity contribution in [1.29, 1.82) is 0 Å². The number of carbonyl (C=O) groups is 1. The van der Waals surface area contributed by atoms with E-state index in [1.54, 1.807) is 66.7 Å². The van der Waals surface area contributed by atoms with Gasteiger partial charge in [-0.25, -0.2) is 8.42 Å². The van der Waals surface area contributed by atoms with Crippen molar-refractivity contribution in [3.05, 3.63) is 89.5 Å². The number of hydrogen-bond donors (Lipinski definition) is 1. The zero-order valence-electron chi connectivity index (χ0n) is 16.2. The largest absolute Gasteiger partial charge is 0.454 e. The first-order valence-corrected chi connectivity index (χ1v) is 10.7. The first-order valence-electron chi connectivity index (χ1n) is 9.22. The molecule has 0 radical (unpaired) electrons. The van der Waals surface area contributed by atoms with Crippen LogP contribution in [0, 0.1) is 6.92 Å². The molecule has 7 heteroatoms. The summed E-state index contributed by atoms with van der Waals surface area (Å²) >= 11 is 0. The van der Waals surface area contributed by atoms with Crippen LogP contribution in [-0.4, -0.2) is 21.0 Å². The summed E-state index contributed by atoms with van der Waals surface area (Å²) in [5.41, 5.74) is 2.62. The smallest absolute Gasteiger partial charge is 0.261 e. The van der Waals surface area contributed by atoms with Crippen LogP contribution < -0.4 is 14.2 Å². The van der Waals surface area contributed by atoms with Crippen molar-refractivity contribution >= 4 is 27.6 Å². The number of rotatable bonds is 6. The summed E-state index contributed by atoms with van der Waals surface area (Å²) in [5.74, 6) is 1.14. The standard InChI is InChI=1S/C23H19NO5S/c1-16-2-10-20(11-3-16)30(26,27)24-19-8-6-18(7-9-19)21(25)12-4-17-5-13-22-23(14-17)29-15-28-22/h2-14,24H,15H2,1H3/b12-4-. The number of nitrogens with one attached hydrogen (secondary N) is 1. The van der Waals surface area contributed by atoms with E-state index >= 15 is 0 Å². The van der Waals surface area contributed by atoms with Crippen LogP contribution in [0.3, 0.4) is 0 Å². The Morgan fingerprint density at radius 3 is 2.37 bits per heavy atom. The highest BCUT2D eigenvalue weighted by Crippen LogP contribution is 2.32. The number of allylic oxidation sites excluding steroid dienone is 1. The molecule has 0 saturated heterocycles. The van der Waals surface area contributed by atoms with Crippen LogP contribution in [-0.2, 0) is 10.0 Å². The quantitative estimate of drug-likeness (QED) is 0.471. The summed E-state index contributed by atoms with van der Waals surface area (Å²) in [6.45, 7) is 2.09. The van der Waals surface area contributed by atoms with Crippen molar-refractivity contribution in [1.82, 2.24) is 0 Å². The Kier molecular flexibility index (Phi) is 5.29. The van der Waals surface area contributed by atoms with Gasteiger partial charge in [-0.1, -0.05) is 29.8 Å². The predicted octanol–water partition coefficient (Wildman–Crippen LogP) is 4.42. The zero-order valence-corrected chi connectivity index (χ0v) is 17.0. The third kappa shape index (κ3) is 4.36. The lowest BCUT2D eigenvalue weighted by Gasteiger charge is -2.08. The lowest BCUT2D eigenvalue weighted by atomic mass is 10.1. The molecule has 4 rings (SSSR count). The fourth-order valence-corrected chi connectivity index (χ4v) is 3.98. The van der Waals surface area contributed by atoms with E-state index in [-0.39, 0.29) is 17.5 Å². The number of sulfonamides is 1. The highest BCUT2D eigenvalue weighted by atomic mass is 32.2. The molecular weight excluding hydrogens is 402 g/mol. The van der Waals surface area contributed by atoms with Crippen molar-refractivity contribution in [2.75, 3.05) is 11.5 Å². The summed E-state index contributed by atoms with van der Waals surface area (Å²) in [4.78, 5) is 12.6. The van der Waals surface area contributed by atoms with Crippen molar-refractivity contribution in [2.24, 2.45) is 0 Å². The lowest BCUT2D eigenvalue weighted by molar-refractivity contribution is 0.104. The maximum absolute atomic E-state index is 12.5. The SMILES string of the molecule is Cc1ccc(S(=O)(=O)Nc2ccc(C(=O)/C=C\c3ccc4c(c3)OCO4)cc2)cc1. The molecule has 0 aliphatic carbocycles. The molecule has 0 amide bonds. The van der Waals surface area contributed by atoms with E-state index in [4.69, 9.17) is 9.47 Å². The van der Waals surface area contributed by atoms with Crippen LogP contribution in [0.15, 0.2) is 77.7 Å². The molecule has 0 spiro atoms. The van der Waals surface area contributed by atoms with Gasteiger partial charge < -0.3 is 9.47 Å². The van der Waals surface area contributed by atoms with Gasteiger partial charge in [0.05, 0.1) is 4.90 Å². The van der Waals surface area contributed by atoms with Gasteiger partial charge in [0.25, 0.3) is 10.0 Å². The third-order valence-electron chi connectivity index (χ3n) is 4.58. The molecule has 0 atom stereocenters. The van der Waals surface area contributed by atoms with Gasteiger partial charge in [-0.05, 0) is 67.1 Å². The summed E-state index contributed by atoms with van der Waals surface area (Å²) in [5, 5.41) is 0. The Hall–Kier alpha value is -3.58. The average Bonchev–Trinajstić information content (AvgIpc) is 3.20. The maximum atomic E-state index is 12.5. The molecule has 1 heterocycles. The number of anilines is 1. The van der Waals surface area contributed by atoms with Gasteiger partial charge in [0.1, 0.15) is 0 Å². The van der Waals surface area contributed by atoms with Crippen LogP contribution in [0.2, 0.25) is 0 Å². The minimum atomic E-state index is -3.69. The molecule has 0 bridgehead atoms. The van der Waals surface area contributed by atoms with E-state index in [0.29, 0.717) is 22.7 Å². The molecule has 3 aromatic rings. The van der Waals surface area contributed by atoms with Crippen molar-refractivity contribution in [2.45, 2.75) is 11.8 Å². The second-order valence-corrected chi connectivity index (χ2v) is 8.49. The molecule has 1 aliphatic rings. The average molecular weight is 421 g/mol. The molecule has 152 valence electrons. The van der Waals surface area contributed by atoms with Crippen molar-refractivity contribution < 1.29 is 22.7 Å². The molecule has 0 unspecified atom stereocenters. The Bertz CT molecular complexity index is 1210. The Balaban J connectivity index is 1.44. The van der Waals surface area contributed by atoms with Gasteiger partial charge in [0.15, 0.2) is 17.3 Å². The topological polar surface area (TPSA) is 81.7 Å².